The van der Waals surface area contributed by atoms with E-state index in [1.165, 1.54) is 16.0 Å². The van der Waals surface area contributed by atoms with Crippen molar-refractivity contribution < 1.29 is 32.2 Å². The van der Waals surface area contributed by atoms with E-state index in [0.717, 1.165) is 11.3 Å². The van der Waals surface area contributed by atoms with Gasteiger partial charge < -0.3 is 20.1 Å². The molecule has 3 heterocycles. The normalized spacial score (nSPS) is 15.8. The molecule has 2 aromatic rings. The van der Waals surface area contributed by atoms with Crippen LogP contribution in [0.1, 0.15) is 12.5 Å². The number of halogens is 3. The van der Waals surface area contributed by atoms with Crippen LogP contribution in [0.4, 0.5) is 28.9 Å². The van der Waals surface area contributed by atoms with Gasteiger partial charge in [0.25, 0.3) is 5.19 Å². The maximum absolute atomic E-state index is 12.6. The predicted octanol–water partition coefficient (Wildman–Crippen LogP) is 1.67. The van der Waals surface area contributed by atoms with Crippen molar-refractivity contribution in [1.82, 2.24) is 15.0 Å². The Hall–Kier alpha value is -3.16. The molecule has 30 heavy (non-hydrogen) atoms. The van der Waals surface area contributed by atoms with Crippen LogP contribution in [0, 0.1) is 0 Å². The monoisotopic (exact) mass is 446 g/mol. The van der Waals surface area contributed by atoms with E-state index in [9.17, 15) is 22.8 Å². The Morgan fingerprint density at radius 1 is 1.27 bits per heavy atom. The molecule has 0 aliphatic carbocycles. The molecule has 0 saturated carbocycles. The van der Waals surface area contributed by atoms with Crippen molar-refractivity contribution in [2.45, 2.75) is 19.2 Å². The van der Waals surface area contributed by atoms with Crippen molar-refractivity contribution in [2.24, 2.45) is 5.73 Å². The van der Waals surface area contributed by atoms with Gasteiger partial charge in [0.2, 0.25) is 11.9 Å². The summed E-state index contributed by atoms with van der Waals surface area (Å²) in [5, 5.41) is 0.831. The largest absolute Gasteiger partial charge is 0.466 e. The molecule has 2 N–H and O–H groups in total. The highest BCUT2D eigenvalue weighted by atomic mass is 32.1. The summed E-state index contributed by atoms with van der Waals surface area (Å²) in [5.74, 6) is -0.238. The van der Waals surface area contributed by atoms with Crippen molar-refractivity contribution in [1.29, 1.82) is 0 Å². The quantitative estimate of drug-likeness (QED) is 0.711. The molecule has 3 rings (SSSR count). The molecule has 162 valence electrons. The topological polar surface area (TPSA) is 124 Å². The number of hydrogen-bond donors (Lipinski definition) is 1. The van der Waals surface area contributed by atoms with Gasteiger partial charge in [-0.3, -0.25) is 9.69 Å². The summed E-state index contributed by atoms with van der Waals surface area (Å²) in [5.41, 5.74) is 3.97. The van der Waals surface area contributed by atoms with Crippen LogP contribution in [0.25, 0.3) is 0 Å². The summed E-state index contributed by atoms with van der Waals surface area (Å²) in [6.45, 7) is 2.15. The zero-order chi connectivity index (χ0) is 21.9. The molecule has 1 aliphatic heterocycles. The van der Waals surface area contributed by atoms with E-state index in [1.54, 1.807) is 6.92 Å². The van der Waals surface area contributed by atoms with E-state index in [0.29, 0.717) is 23.9 Å². The van der Waals surface area contributed by atoms with Gasteiger partial charge >= 0.3 is 12.3 Å². The van der Waals surface area contributed by atoms with Crippen molar-refractivity contribution in [3.63, 3.8) is 0 Å². The second-order valence-electron chi connectivity index (χ2n) is 6.26. The summed E-state index contributed by atoms with van der Waals surface area (Å²) in [6.07, 6.45) is -3.15. The maximum atomic E-state index is 12.6. The zero-order valence-corrected chi connectivity index (χ0v) is 16.4. The first kappa shape index (κ1) is 21.5. The number of aromatic nitrogens is 3. The SMILES string of the molecule is C[C@@H](COc1ncc(N2CCN(c3ncc(C(F)(F)F)cn3)CC2=O)s1)OC(N)=O. The fourth-order valence-electron chi connectivity index (χ4n) is 2.57. The fourth-order valence-corrected chi connectivity index (χ4v) is 3.39. The highest BCUT2D eigenvalue weighted by Gasteiger charge is 2.32. The minimum atomic E-state index is -4.53. The van der Waals surface area contributed by atoms with Gasteiger partial charge in [0.1, 0.15) is 24.3 Å². The van der Waals surface area contributed by atoms with Gasteiger partial charge in [-0.2, -0.15) is 13.2 Å². The first-order chi connectivity index (χ1) is 14.1. The number of hydrogen-bond acceptors (Lipinski definition) is 9. The number of nitrogens with zero attached hydrogens (tertiary/aromatic N) is 5. The molecule has 1 atom stereocenters. The number of amides is 2. The van der Waals surface area contributed by atoms with Gasteiger partial charge in [0.05, 0.1) is 11.8 Å². The second kappa shape index (κ2) is 8.69. The Morgan fingerprint density at radius 2 is 1.97 bits per heavy atom. The Labute approximate surface area is 172 Å². The predicted molar refractivity (Wildman–Crippen MR) is 99.3 cm³/mol. The van der Waals surface area contributed by atoms with Crippen LogP contribution in [0.5, 0.6) is 5.19 Å². The third-order valence-electron chi connectivity index (χ3n) is 3.97. The summed E-state index contributed by atoms with van der Waals surface area (Å²) in [6, 6.07) is 0. The maximum Gasteiger partial charge on any atom is 0.419 e. The summed E-state index contributed by atoms with van der Waals surface area (Å²) >= 11 is 1.13. The fraction of sp³-hybridized carbons (Fsp3) is 0.438. The van der Waals surface area contributed by atoms with Gasteiger partial charge in [0, 0.05) is 25.5 Å². The van der Waals surface area contributed by atoms with E-state index in [2.05, 4.69) is 15.0 Å². The molecule has 10 nitrogen and oxygen atoms in total. The number of alkyl halides is 3. The molecule has 2 amide bonds. The van der Waals surface area contributed by atoms with Crippen molar-refractivity contribution in [2.75, 3.05) is 36.0 Å². The van der Waals surface area contributed by atoms with Crippen LogP contribution in [-0.4, -0.2) is 59.3 Å². The molecular formula is C16H17F3N6O4S. The highest BCUT2D eigenvalue weighted by molar-refractivity contribution is 7.17. The summed E-state index contributed by atoms with van der Waals surface area (Å²) in [7, 11) is 0. The third kappa shape index (κ3) is 5.25. The molecule has 0 spiro atoms. The average molecular weight is 446 g/mol. The molecular weight excluding hydrogens is 429 g/mol. The number of piperazine rings is 1. The van der Waals surface area contributed by atoms with Crippen molar-refractivity contribution in [3.8, 4) is 5.19 Å². The molecule has 0 aromatic carbocycles. The van der Waals surface area contributed by atoms with E-state index in [1.807, 2.05) is 0 Å². The minimum Gasteiger partial charge on any atom is -0.466 e. The Morgan fingerprint density at radius 3 is 2.57 bits per heavy atom. The van der Waals surface area contributed by atoms with Gasteiger partial charge in [-0.1, -0.05) is 11.3 Å². The highest BCUT2D eigenvalue weighted by Crippen LogP contribution is 2.31. The lowest BCUT2D eigenvalue weighted by Gasteiger charge is -2.33. The lowest BCUT2D eigenvalue weighted by atomic mass is 10.3. The molecule has 2 aromatic heterocycles. The number of anilines is 2. The minimum absolute atomic E-state index is 0.0445. The molecule has 0 bridgehead atoms. The van der Waals surface area contributed by atoms with Crippen LogP contribution < -0.4 is 20.3 Å². The molecule has 0 radical (unpaired) electrons. The zero-order valence-electron chi connectivity index (χ0n) is 15.6. The molecule has 0 unspecified atom stereocenters. The number of ether oxygens (including phenoxy) is 2. The van der Waals surface area contributed by atoms with Crippen molar-refractivity contribution in [3.05, 3.63) is 24.2 Å². The van der Waals surface area contributed by atoms with Crippen LogP contribution in [0.2, 0.25) is 0 Å². The molecule has 1 saturated heterocycles. The third-order valence-corrected chi connectivity index (χ3v) is 4.90. The van der Waals surface area contributed by atoms with Gasteiger partial charge in [-0.15, -0.1) is 0 Å². The Bertz CT molecular complexity index is 907. The van der Waals surface area contributed by atoms with E-state index in [-0.39, 0.29) is 36.7 Å². The smallest absolute Gasteiger partial charge is 0.419 e. The molecule has 1 aliphatic rings. The molecule has 14 heteroatoms. The van der Waals surface area contributed by atoms with E-state index in [4.69, 9.17) is 15.2 Å². The number of primary amides is 1. The van der Waals surface area contributed by atoms with Gasteiger partial charge in [-0.25, -0.2) is 19.7 Å². The summed E-state index contributed by atoms with van der Waals surface area (Å²) in [4.78, 5) is 37.7. The van der Waals surface area contributed by atoms with Crippen LogP contribution in [0.15, 0.2) is 18.6 Å². The molecule has 1 fully saturated rings. The number of rotatable bonds is 6. The Kier molecular flexibility index (Phi) is 6.24. The van der Waals surface area contributed by atoms with Gasteiger partial charge in [-0.05, 0) is 6.92 Å². The standard InChI is InChI=1S/C16H17F3N6O4S/c1-9(29-13(20)27)8-28-15-23-6-12(30-15)25-3-2-24(7-11(25)26)14-21-4-10(5-22-14)16(17,18)19/h4-6,9H,2-3,7-8H2,1H3,(H2,20,27)/t9-/m0/s1. The number of thiazole rings is 1. The average Bonchev–Trinajstić information content (AvgIpc) is 3.14. The van der Waals surface area contributed by atoms with E-state index < -0.39 is 23.9 Å². The van der Waals surface area contributed by atoms with Gasteiger partial charge in [0.15, 0.2) is 0 Å². The van der Waals surface area contributed by atoms with E-state index >= 15 is 0 Å². The van der Waals surface area contributed by atoms with Crippen molar-refractivity contribution >= 4 is 34.3 Å². The first-order valence-corrected chi connectivity index (χ1v) is 9.44. The lowest BCUT2D eigenvalue weighted by Crippen LogP contribution is -2.51. The first-order valence-electron chi connectivity index (χ1n) is 8.62. The van der Waals surface area contributed by atoms with Crippen LogP contribution in [-0.2, 0) is 15.7 Å². The summed E-state index contributed by atoms with van der Waals surface area (Å²) < 4.78 is 48.0. The van der Waals surface area contributed by atoms with Crippen LogP contribution in [0.3, 0.4) is 0 Å². The van der Waals surface area contributed by atoms with Crippen LogP contribution >= 0.6 is 11.3 Å². The Balaban J connectivity index is 1.57. The second-order valence-corrected chi connectivity index (χ2v) is 7.23. The lowest BCUT2D eigenvalue weighted by molar-refractivity contribution is -0.138. The number of nitrogens with two attached hydrogens (primary N) is 1. The number of carbonyl (C=O) groups is 2. The number of carbonyl (C=O) groups excluding carboxylic acids is 2.